The van der Waals surface area contributed by atoms with E-state index < -0.39 is 0 Å². The van der Waals surface area contributed by atoms with E-state index in [0.717, 1.165) is 11.8 Å². The van der Waals surface area contributed by atoms with E-state index in [1.54, 1.807) is 0 Å². The van der Waals surface area contributed by atoms with E-state index in [0.29, 0.717) is 5.41 Å². The van der Waals surface area contributed by atoms with Crippen molar-refractivity contribution in [2.75, 3.05) is 6.54 Å². The normalized spacial score (nSPS) is 36.7. The molecule has 2 aliphatic carbocycles. The van der Waals surface area contributed by atoms with E-state index in [-0.39, 0.29) is 5.54 Å². The summed E-state index contributed by atoms with van der Waals surface area (Å²) in [5.41, 5.74) is 0.938. The van der Waals surface area contributed by atoms with Crippen LogP contribution in [0.25, 0.3) is 0 Å². The average molecular weight is 237 g/mol. The summed E-state index contributed by atoms with van der Waals surface area (Å²) in [6.45, 7) is 10.5. The van der Waals surface area contributed by atoms with Crippen LogP contribution >= 0.6 is 0 Å². The minimum atomic E-state index is 0.279. The van der Waals surface area contributed by atoms with E-state index in [2.05, 4.69) is 33.0 Å². The molecule has 2 rings (SSSR count). The zero-order chi connectivity index (χ0) is 12.5. The van der Waals surface area contributed by atoms with Crippen molar-refractivity contribution in [3.63, 3.8) is 0 Å². The lowest BCUT2D eigenvalue weighted by atomic mass is 9.69. The number of fused-ring (bicyclic) bond motifs is 2. The fraction of sp³-hybridized carbons (Fsp3) is 1.00. The van der Waals surface area contributed by atoms with E-state index in [1.807, 2.05) is 0 Å². The average Bonchev–Trinajstić information content (AvgIpc) is 2.83. The van der Waals surface area contributed by atoms with Gasteiger partial charge in [0.2, 0.25) is 0 Å². The Hall–Kier alpha value is -0.0400. The van der Waals surface area contributed by atoms with Gasteiger partial charge in [-0.15, -0.1) is 0 Å². The van der Waals surface area contributed by atoms with Crippen molar-refractivity contribution >= 4 is 0 Å². The Morgan fingerprint density at radius 1 is 1.24 bits per heavy atom. The summed E-state index contributed by atoms with van der Waals surface area (Å²) in [6, 6.07) is 0. The second-order valence-corrected chi connectivity index (χ2v) is 7.65. The van der Waals surface area contributed by atoms with Crippen molar-refractivity contribution in [1.82, 2.24) is 5.32 Å². The van der Waals surface area contributed by atoms with Gasteiger partial charge in [0.1, 0.15) is 0 Å². The Balaban J connectivity index is 1.98. The standard InChI is InChI=1S/C16H31N/c1-5-6-9-16(12-17-15(2,3)4)11-13-7-8-14(16)10-13/h13-14,17H,5-12H2,1-4H3. The second kappa shape index (κ2) is 4.91. The largest absolute Gasteiger partial charge is 0.312 e. The Labute approximate surface area is 108 Å². The van der Waals surface area contributed by atoms with E-state index in [4.69, 9.17) is 0 Å². The molecule has 0 amide bonds. The molecule has 0 aromatic rings. The van der Waals surface area contributed by atoms with Gasteiger partial charge in [-0.1, -0.05) is 26.2 Å². The quantitative estimate of drug-likeness (QED) is 0.748. The highest BCUT2D eigenvalue weighted by molar-refractivity contribution is 5.01. The summed E-state index contributed by atoms with van der Waals surface area (Å²) in [5.74, 6) is 2.10. The zero-order valence-electron chi connectivity index (χ0n) is 12.3. The molecule has 2 bridgehead atoms. The maximum absolute atomic E-state index is 3.80. The van der Waals surface area contributed by atoms with Crippen LogP contribution in [0.15, 0.2) is 0 Å². The molecule has 0 spiro atoms. The maximum Gasteiger partial charge on any atom is 0.00967 e. The topological polar surface area (TPSA) is 12.0 Å². The Kier molecular flexibility index (Phi) is 3.87. The van der Waals surface area contributed by atoms with Gasteiger partial charge in [-0.25, -0.2) is 0 Å². The summed E-state index contributed by atoms with van der Waals surface area (Å²) in [7, 11) is 0. The molecule has 0 aromatic heterocycles. The molecule has 1 N–H and O–H groups in total. The van der Waals surface area contributed by atoms with Gasteiger partial charge in [0.05, 0.1) is 0 Å². The number of hydrogen-bond donors (Lipinski definition) is 1. The smallest absolute Gasteiger partial charge is 0.00967 e. The molecular formula is C16H31N. The SMILES string of the molecule is CCCCC1(CNC(C)(C)C)CC2CCC1C2. The van der Waals surface area contributed by atoms with Gasteiger partial charge < -0.3 is 5.32 Å². The van der Waals surface area contributed by atoms with Gasteiger partial charge in [-0.2, -0.15) is 0 Å². The fourth-order valence-corrected chi connectivity index (χ4v) is 4.14. The van der Waals surface area contributed by atoms with Crippen LogP contribution < -0.4 is 5.32 Å². The van der Waals surface area contributed by atoms with Gasteiger partial charge in [0.15, 0.2) is 0 Å². The first-order valence-corrected chi connectivity index (χ1v) is 7.70. The Morgan fingerprint density at radius 3 is 2.47 bits per heavy atom. The third kappa shape index (κ3) is 3.05. The summed E-state index contributed by atoms with van der Waals surface area (Å²) in [5, 5.41) is 3.80. The minimum absolute atomic E-state index is 0.279. The predicted molar refractivity (Wildman–Crippen MR) is 75.2 cm³/mol. The van der Waals surface area contributed by atoms with Gasteiger partial charge in [0.25, 0.3) is 0 Å². The van der Waals surface area contributed by atoms with E-state index in [9.17, 15) is 0 Å². The lowest BCUT2D eigenvalue weighted by molar-refractivity contribution is 0.127. The number of rotatable bonds is 5. The van der Waals surface area contributed by atoms with Gasteiger partial charge >= 0.3 is 0 Å². The van der Waals surface area contributed by atoms with Gasteiger partial charge in [-0.3, -0.25) is 0 Å². The highest BCUT2D eigenvalue weighted by Gasteiger charge is 2.50. The van der Waals surface area contributed by atoms with Crippen molar-refractivity contribution in [3.8, 4) is 0 Å². The monoisotopic (exact) mass is 237 g/mol. The number of unbranched alkanes of at least 4 members (excludes halogenated alkanes) is 1. The molecule has 0 aliphatic heterocycles. The zero-order valence-corrected chi connectivity index (χ0v) is 12.3. The molecule has 0 radical (unpaired) electrons. The Bertz CT molecular complexity index is 253. The highest BCUT2D eigenvalue weighted by atomic mass is 15.0. The number of hydrogen-bond acceptors (Lipinski definition) is 1. The summed E-state index contributed by atoms with van der Waals surface area (Å²) in [4.78, 5) is 0. The highest BCUT2D eigenvalue weighted by Crippen LogP contribution is 2.57. The van der Waals surface area contributed by atoms with Crippen LogP contribution in [0, 0.1) is 17.3 Å². The molecule has 100 valence electrons. The second-order valence-electron chi connectivity index (χ2n) is 7.65. The van der Waals surface area contributed by atoms with Crippen molar-refractivity contribution in [2.24, 2.45) is 17.3 Å². The molecule has 2 saturated carbocycles. The summed E-state index contributed by atoms with van der Waals surface area (Å²) < 4.78 is 0. The van der Waals surface area contributed by atoms with Crippen molar-refractivity contribution in [1.29, 1.82) is 0 Å². The third-order valence-corrected chi connectivity index (χ3v) is 5.10. The van der Waals surface area contributed by atoms with Crippen LogP contribution in [0.2, 0.25) is 0 Å². The molecule has 1 nitrogen and oxygen atoms in total. The van der Waals surface area contributed by atoms with Crippen molar-refractivity contribution < 1.29 is 0 Å². The number of nitrogens with one attached hydrogen (secondary N) is 1. The van der Waals surface area contributed by atoms with Crippen LogP contribution in [0.4, 0.5) is 0 Å². The third-order valence-electron chi connectivity index (χ3n) is 5.10. The lowest BCUT2D eigenvalue weighted by Crippen LogP contribution is -2.46. The van der Waals surface area contributed by atoms with Gasteiger partial charge in [-0.05, 0) is 63.7 Å². The molecule has 17 heavy (non-hydrogen) atoms. The van der Waals surface area contributed by atoms with Crippen molar-refractivity contribution in [2.45, 2.75) is 78.2 Å². The molecule has 3 unspecified atom stereocenters. The van der Waals surface area contributed by atoms with Crippen LogP contribution in [0.1, 0.15) is 72.6 Å². The first kappa shape index (κ1) is 13.4. The molecule has 1 heteroatoms. The predicted octanol–water partition coefficient (Wildman–Crippen LogP) is 4.37. The maximum atomic E-state index is 3.80. The first-order chi connectivity index (χ1) is 7.95. The molecular weight excluding hydrogens is 206 g/mol. The van der Waals surface area contributed by atoms with E-state index >= 15 is 0 Å². The molecule has 3 atom stereocenters. The van der Waals surface area contributed by atoms with Crippen molar-refractivity contribution in [3.05, 3.63) is 0 Å². The van der Waals surface area contributed by atoms with Crippen LogP contribution in [-0.2, 0) is 0 Å². The van der Waals surface area contributed by atoms with Gasteiger partial charge in [0, 0.05) is 12.1 Å². The molecule has 0 aromatic carbocycles. The first-order valence-electron chi connectivity index (χ1n) is 7.70. The van der Waals surface area contributed by atoms with E-state index in [1.165, 1.54) is 51.5 Å². The summed E-state index contributed by atoms with van der Waals surface area (Å²) >= 11 is 0. The molecule has 0 saturated heterocycles. The lowest BCUT2D eigenvalue weighted by Gasteiger charge is -2.40. The molecule has 0 heterocycles. The molecule has 2 fully saturated rings. The Morgan fingerprint density at radius 2 is 2.00 bits per heavy atom. The summed E-state index contributed by atoms with van der Waals surface area (Å²) in [6.07, 6.45) is 10.3. The minimum Gasteiger partial charge on any atom is -0.312 e. The van der Waals surface area contributed by atoms with Crippen LogP contribution in [-0.4, -0.2) is 12.1 Å². The fourth-order valence-electron chi connectivity index (χ4n) is 4.14. The van der Waals surface area contributed by atoms with Crippen LogP contribution in [0.5, 0.6) is 0 Å². The molecule has 2 aliphatic rings. The van der Waals surface area contributed by atoms with Crippen LogP contribution in [0.3, 0.4) is 0 Å².